The molecule has 3 aliphatic rings. The van der Waals surface area contributed by atoms with Gasteiger partial charge in [0.1, 0.15) is 30.0 Å². The molecule has 6 atom stereocenters. The molecule has 1 aromatic carbocycles. The minimum atomic E-state index is -0.333. The molecule has 2 saturated heterocycles. The Bertz CT molecular complexity index is 875. The molecular formula is C26H38N2O5. The van der Waals surface area contributed by atoms with Crippen LogP contribution < -0.4 is 10.2 Å². The molecule has 1 spiro atoms. The van der Waals surface area contributed by atoms with Gasteiger partial charge in [0.25, 0.3) is 0 Å². The number of benzene rings is 1. The van der Waals surface area contributed by atoms with E-state index >= 15 is 0 Å². The number of methoxy groups -OCH3 is 1. The Morgan fingerprint density at radius 3 is 2.55 bits per heavy atom. The van der Waals surface area contributed by atoms with Crippen molar-refractivity contribution in [1.82, 2.24) is 0 Å². The minimum Gasteiger partial charge on any atom is -0.458 e. The van der Waals surface area contributed by atoms with Crippen LogP contribution in [0.1, 0.15) is 40.0 Å². The van der Waals surface area contributed by atoms with Gasteiger partial charge >= 0.3 is 5.97 Å². The molecule has 1 N–H and O–H groups in total. The first-order valence-electron chi connectivity index (χ1n) is 11.9. The Kier molecular flexibility index (Phi) is 6.76. The van der Waals surface area contributed by atoms with E-state index in [0.717, 1.165) is 37.2 Å². The van der Waals surface area contributed by atoms with E-state index in [1.165, 1.54) is 5.57 Å². The summed E-state index contributed by atoms with van der Waals surface area (Å²) < 4.78 is 24.1. The summed E-state index contributed by atoms with van der Waals surface area (Å²) in [6, 6.07) is 7.95. The van der Waals surface area contributed by atoms with Gasteiger partial charge in [0.2, 0.25) is 0 Å². The van der Waals surface area contributed by atoms with E-state index in [0.29, 0.717) is 0 Å². The van der Waals surface area contributed by atoms with E-state index < -0.39 is 0 Å². The molecule has 7 nitrogen and oxygen atoms in total. The smallest absolute Gasteiger partial charge is 0.325 e. The molecule has 0 radical (unpaired) electrons. The van der Waals surface area contributed by atoms with E-state index in [-0.39, 0.29) is 47.9 Å². The number of carbonyl (C=O) groups is 1. The molecule has 0 amide bonds. The number of nitrogens with one attached hydrogen (secondary N) is 1. The van der Waals surface area contributed by atoms with Crippen molar-refractivity contribution in [2.24, 2.45) is 5.92 Å². The van der Waals surface area contributed by atoms with Gasteiger partial charge in [0, 0.05) is 32.6 Å². The number of hydrogen-bond donors (Lipinski definition) is 1. The van der Waals surface area contributed by atoms with Crippen LogP contribution in [0.4, 0.5) is 11.4 Å². The molecule has 0 unspecified atom stereocenters. The zero-order valence-electron chi connectivity index (χ0n) is 20.7. The Hall–Kier alpha value is -2.09. The van der Waals surface area contributed by atoms with Gasteiger partial charge in [-0.1, -0.05) is 11.6 Å². The predicted octanol–water partition coefficient (Wildman–Crippen LogP) is 3.78. The van der Waals surface area contributed by atoms with E-state index in [2.05, 4.69) is 32.2 Å². The van der Waals surface area contributed by atoms with Crippen LogP contribution in [0.15, 0.2) is 35.9 Å². The predicted molar refractivity (Wildman–Crippen MR) is 129 cm³/mol. The SMILES string of the molecule is CO[C@@H]1[C@H](OC(=O)CNc2ccc(N(C)C)cc2)CC[C@]2(CO2)[C@H]1[C@@]1(C)O[C@@H]1CC=C(C)C. The molecule has 3 fully saturated rings. The summed E-state index contributed by atoms with van der Waals surface area (Å²) in [5.41, 5.74) is 2.72. The molecule has 1 saturated carbocycles. The molecule has 2 heterocycles. The normalized spacial score (nSPS) is 34.5. The summed E-state index contributed by atoms with van der Waals surface area (Å²) in [6.07, 6.45) is 4.24. The van der Waals surface area contributed by atoms with Gasteiger partial charge in [0.05, 0.1) is 18.6 Å². The largest absolute Gasteiger partial charge is 0.458 e. The highest BCUT2D eigenvalue weighted by molar-refractivity contribution is 5.75. The lowest BCUT2D eigenvalue weighted by Gasteiger charge is -2.42. The van der Waals surface area contributed by atoms with E-state index in [1.807, 2.05) is 43.3 Å². The van der Waals surface area contributed by atoms with Crippen molar-refractivity contribution < 1.29 is 23.7 Å². The van der Waals surface area contributed by atoms with E-state index in [4.69, 9.17) is 18.9 Å². The van der Waals surface area contributed by atoms with Crippen LogP contribution in [0.25, 0.3) is 0 Å². The number of anilines is 2. The average molecular weight is 459 g/mol. The Morgan fingerprint density at radius 1 is 1.27 bits per heavy atom. The van der Waals surface area contributed by atoms with E-state index in [1.54, 1.807) is 7.11 Å². The van der Waals surface area contributed by atoms with Crippen molar-refractivity contribution in [3.63, 3.8) is 0 Å². The zero-order valence-corrected chi connectivity index (χ0v) is 20.7. The molecular weight excluding hydrogens is 420 g/mol. The topological polar surface area (TPSA) is 75.9 Å². The maximum absolute atomic E-state index is 12.7. The molecule has 1 aromatic rings. The van der Waals surface area contributed by atoms with Crippen LogP contribution in [0, 0.1) is 5.92 Å². The molecule has 0 aromatic heterocycles. The fraction of sp³-hybridized carbons (Fsp3) is 0.654. The lowest BCUT2D eigenvalue weighted by atomic mass is 9.68. The standard InChI is InChI=1S/C26H38N2O5/c1-17(2)7-12-21-25(3,33-21)24-23(30-6)20(13-14-26(24)16-31-26)32-22(29)15-27-18-8-10-19(11-9-18)28(4)5/h7-11,20-21,23-24,27H,12-16H2,1-6H3/t20-,21-,23-,24-,25+,26+/m1/s1. The number of epoxide rings is 2. The Labute approximate surface area is 197 Å². The average Bonchev–Trinajstić information content (AvgIpc) is 3.69. The Morgan fingerprint density at radius 2 is 1.97 bits per heavy atom. The monoisotopic (exact) mass is 458 g/mol. The van der Waals surface area contributed by atoms with Crippen molar-refractivity contribution >= 4 is 17.3 Å². The number of esters is 1. The van der Waals surface area contributed by atoms with Gasteiger partial charge in [-0.2, -0.15) is 0 Å². The number of rotatable bonds is 9. The third kappa shape index (κ3) is 5.05. The van der Waals surface area contributed by atoms with Crippen molar-refractivity contribution in [1.29, 1.82) is 0 Å². The van der Waals surface area contributed by atoms with Gasteiger partial charge < -0.3 is 29.2 Å². The molecule has 7 heteroatoms. The number of hydrogen-bond acceptors (Lipinski definition) is 7. The number of nitrogens with zero attached hydrogens (tertiary/aromatic N) is 1. The summed E-state index contributed by atoms with van der Waals surface area (Å²) in [6.45, 7) is 7.18. The fourth-order valence-electron chi connectivity index (χ4n) is 5.33. The number of allylic oxidation sites excluding steroid dienone is 1. The summed E-state index contributed by atoms with van der Waals surface area (Å²) in [7, 11) is 5.69. The first-order valence-corrected chi connectivity index (χ1v) is 11.9. The summed E-state index contributed by atoms with van der Waals surface area (Å²) in [5, 5.41) is 3.16. The molecule has 2 aliphatic heterocycles. The second kappa shape index (κ2) is 9.28. The Balaban J connectivity index is 1.38. The highest BCUT2D eigenvalue weighted by Gasteiger charge is 2.72. The van der Waals surface area contributed by atoms with Crippen LogP contribution in [-0.4, -0.2) is 69.8 Å². The molecule has 4 rings (SSSR count). The molecule has 1 aliphatic carbocycles. The van der Waals surface area contributed by atoms with Gasteiger partial charge in [0.15, 0.2) is 0 Å². The molecule has 0 bridgehead atoms. The summed E-state index contributed by atoms with van der Waals surface area (Å²) >= 11 is 0. The van der Waals surface area contributed by atoms with Crippen molar-refractivity contribution in [3.05, 3.63) is 35.9 Å². The summed E-state index contributed by atoms with van der Waals surface area (Å²) in [5.74, 6) is -0.253. The second-order valence-corrected chi connectivity index (χ2v) is 10.2. The third-order valence-electron chi connectivity index (χ3n) is 7.34. The van der Waals surface area contributed by atoms with Gasteiger partial charge in [-0.15, -0.1) is 0 Å². The van der Waals surface area contributed by atoms with Crippen molar-refractivity contribution in [3.8, 4) is 0 Å². The highest BCUT2D eigenvalue weighted by atomic mass is 16.6. The van der Waals surface area contributed by atoms with Crippen LogP contribution >= 0.6 is 0 Å². The second-order valence-electron chi connectivity index (χ2n) is 10.2. The quantitative estimate of drug-likeness (QED) is 0.343. The van der Waals surface area contributed by atoms with Gasteiger partial charge in [-0.25, -0.2) is 0 Å². The van der Waals surface area contributed by atoms with Crippen molar-refractivity contribution in [2.45, 2.75) is 69.5 Å². The van der Waals surface area contributed by atoms with Gasteiger partial charge in [-0.3, -0.25) is 4.79 Å². The molecule has 33 heavy (non-hydrogen) atoms. The number of carbonyl (C=O) groups excluding carboxylic acids is 1. The fourth-order valence-corrected chi connectivity index (χ4v) is 5.33. The highest BCUT2D eigenvalue weighted by Crippen LogP contribution is 2.59. The third-order valence-corrected chi connectivity index (χ3v) is 7.34. The minimum absolute atomic E-state index is 0.0312. The van der Waals surface area contributed by atoms with Crippen LogP contribution in [0.5, 0.6) is 0 Å². The van der Waals surface area contributed by atoms with Crippen molar-refractivity contribution in [2.75, 3.05) is 44.6 Å². The maximum Gasteiger partial charge on any atom is 0.325 e. The molecule has 182 valence electrons. The van der Waals surface area contributed by atoms with Crippen LogP contribution in [0.2, 0.25) is 0 Å². The van der Waals surface area contributed by atoms with Crippen LogP contribution in [0.3, 0.4) is 0 Å². The van der Waals surface area contributed by atoms with Crippen LogP contribution in [-0.2, 0) is 23.7 Å². The lowest BCUT2D eigenvalue weighted by molar-refractivity contribution is -0.170. The first kappa shape index (κ1) is 24.0. The maximum atomic E-state index is 12.7. The summed E-state index contributed by atoms with van der Waals surface area (Å²) in [4.78, 5) is 14.7. The van der Waals surface area contributed by atoms with Gasteiger partial charge in [-0.05, 0) is 64.3 Å². The first-order chi connectivity index (χ1) is 15.7. The number of ether oxygens (including phenoxy) is 4. The zero-order chi connectivity index (χ0) is 23.8. The van der Waals surface area contributed by atoms with E-state index in [9.17, 15) is 4.79 Å². The lowest BCUT2D eigenvalue weighted by Crippen LogP contribution is -2.55.